The summed E-state index contributed by atoms with van der Waals surface area (Å²) in [5.74, 6) is 1.26. The molecule has 0 aromatic heterocycles. The summed E-state index contributed by atoms with van der Waals surface area (Å²) in [6, 6.07) is 14.1. The molecule has 2 N–H and O–H groups in total. The molecule has 2 rings (SSSR count). The molecule has 0 bridgehead atoms. The Bertz CT molecular complexity index is 554. The van der Waals surface area contributed by atoms with Crippen LogP contribution in [0.5, 0.6) is 17.2 Å². The second kappa shape index (κ2) is 6.82. The molecule has 0 radical (unpaired) electrons. The predicted octanol–water partition coefficient (Wildman–Crippen LogP) is 2.56. The van der Waals surface area contributed by atoms with Crippen molar-refractivity contribution in [1.29, 1.82) is 0 Å². The summed E-state index contributed by atoms with van der Waals surface area (Å²) in [5.41, 5.74) is 0.901. The third-order valence-corrected chi connectivity index (χ3v) is 3.07. The van der Waals surface area contributed by atoms with E-state index >= 15 is 0 Å². The quantitative estimate of drug-likeness (QED) is 0.850. The van der Waals surface area contributed by atoms with Crippen LogP contribution in [0.25, 0.3) is 0 Å². The molecule has 20 heavy (non-hydrogen) atoms. The minimum atomic E-state index is -0.187. The number of para-hydroxylation sites is 1. The number of aliphatic hydroxyl groups excluding tert-OH is 1. The van der Waals surface area contributed by atoms with Gasteiger partial charge in [-0.3, -0.25) is 0 Å². The minimum absolute atomic E-state index is 0.0425. The lowest BCUT2D eigenvalue weighted by Gasteiger charge is -2.18. The first-order chi connectivity index (χ1) is 9.74. The van der Waals surface area contributed by atoms with Crippen molar-refractivity contribution in [3.8, 4) is 17.2 Å². The van der Waals surface area contributed by atoms with Crippen LogP contribution in [-0.4, -0.2) is 30.5 Å². The van der Waals surface area contributed by atoms with Gasteiger partial charge < -0.3 is 19.7 Å². The highest BCUT2D eigenvalue weighted by atomic mass is 16.5. The van der Waals surface area contributed by atoms with E-state index in [0.717, 1.165) is 11.3 Å². The van der Waals surface area contributed by atoms with Crippen LogP contribution < -0.4 is 9.47 Å². The van der Waals surface area contributed by atoms with Crippen molar-refractivity contribution < 1.29 is 19.7 Å². The van der Waals surface area contributed by atoms with Crippen LogP contribution in [0.3, 0.4) is 0 Å². The van der Waals surface area contributed by atoms with E-state index in [4.69, 9.17) is 9.47 Å². The SMILES string of the molecule is COc1ccccc1C(CO)COc1cccc(O)c1. The van der Waals surface area contributed by atoms with E-state index in [1.54, 1.807) is 25.3 Å². The van der Waals surface area contributed by atoms with Gasteiger partial charge in [0.25, 0.3) is 0 Å². The molecule has 0 heterocycles. The van der Waals surface area contributed by atoms with Gasteiger partial charge >= 0.3 is 0 Å². The third-order valence-electron chi connectivity index (χ3n) is 3.07. The maximum atomic E-state index is 9.55. The summed E-state index contributed by atoms with van der Waals surface area (Å²) in [6.07, 6.45) is 0. The van der Waals surface area contributed by atoms with Crippen molar-refractivity contribution in [2.75, 3.05) is 20.3 Å². The van der Waals surface area contributed by atoms with Crippen molar-refractivity contribution in [1.82, 2.24) is 0 Å². The average Bonchev–Trinajstić information content (AvgIpc) is 2.48. The first-order valence-corrected chi connectivity index (χ1v) is 6.40. The Morgan fingerprint density at radius 1 is 1.10 bits per heavy atom. The molecular formula is C16H18O4. The first-order valence-electron chi connectivity index (χ1n) is 6.40. The number of phenols is 1. The minimum Gasteiger partial charge on any atom is -0.508 e. The Kier molecular flexibility index (Phi) is 4.85. The highest BCUT2D eigenvalue weighted by molar-refractivity contribution is 5.37. The molecule has 1 atom stereocenters. The van der Waals surface area contributed by atoms with Gasteiger partial charge in [0, 0.05) is 17.5 Å². The number of phenolic OH excluding ortho intramolecular Hbond substituents is 1. The third kappa shape index (κ3) is 3.42. The highest BCUT2D eigenvalue weighted by Gasteiger charge is 2.16. The predicted molar refractivity (Wildman–Crippen MR) is 76.4 cm³/mol. The zero-order chi connectivity index (χ0) is 14.4. The van der Waals surface area contributed by atoms with Crippen LogP contribution in [0.2, 0.25) is 0 Å². The first kappa shape index (κ1) is 14.2. The number of methoxy groups -OCH3 is 1. The van der Waals surface area contributed by atoms with Crippen LogP contribution in [0, 0.1) is 0 Å². The summed E-state index contributed by atoms with van der Waals surface area (Å²) in [6.45, 7) is 0.263. The molecule has 4 nitrogen and oxygen atoms in total. The molecule has 2 aromatic carbocycles. The number of hydrogen-bond donors (Lipinski definition) is 2. The lowest BCUT2D eigenvalue weighted by molar-refractivity contribution is 0.202. The van der Waals surface area contributed by atoms with E-state index < -0.39 is 0 Å². The molecule has 0 aliphatic heterocycles. The van der Waals surface area contributed by atoms with Gasteiger partial charge in [0.15, 0.2) is 0 Å². The largest absolute Gasteiger partial charge is 0.508 e. The number of hydrogen-bond acceptors (Lipinski definition) is 4. The number of aliphatic hydroxyl groups is 1. The lowest BCUT2D eigenvalue weighted by atomic mass is 10.00. The van der Waals surface area contributed by atoms with Crippen LogP contribution >= 0.6 is 0 Å². The Labute approximate surface area is 118 Å². The molecule has 0 amide bonds. The second-order valence-corrected chi connectivity index (χ2v) is 4.43. The molecular weight excluding hydrogens is 256 g/mol. The smallest absolute Gasteiger partial charge is 0.123 e. The maximum Gasteiger partial charge on any atom is 0.123 e. The highest BCUT2D eigenvalue weighted by Crippen LogP contribution is 2.27. The van der Waals surface area contributed by atoms with Gasteiger partial charge in [0.2, 0.25) is 0 Å². The molecule has 0 saturated carbocycles. The molecule has 0 aliphatic carbocycles. The van der Waals surface area contributed by atoms with Crippen molar-refractivity contribution in [3.05, 3.63) is 54.1 Å². The normalized spacial score (nSPS) is 11.9. The van der Waals surface area contributed by atoms with E-state index in [-0.39, 0.29) is 18.3 Å². The number of benzene rings is 2. The fourth-order valence-electron chi connectivity index (χ4n) is 2.01. The summed E-state index contributed by atoms with van der Waals surface area (Å²) in [5, 5.41) is 18.9. The van der Waals surface area contributed by atoms with Crippen LogP contribution in [0.15, 0.2) is 48.5 Å². The zero-order valence-corrected chi connectivity index (χ0v) is 11.3. The standard InChI is InChI=1S/C16H18O4/c1-19-16-8-3-2-7-15(16)12(10-17)11-20-14-6-4-5-13(18)9-14/h2-9,12,17-18H,10-11H2,1H3. The van der Waals surface area contributed by atoms with Crippen LogP contribution in [0.1, 0.15) is 11.5 Å². The van der Waals surface area contributed by atoms with Gasteiger partial charge in [0.05, 0.1) is 20.3 Å². The van der Waals surface area contributed by atoms with Gasteiger partial charge in [-0.05, 0) is 18.2 Å². The van der Waals surface area contributed by atoms with E-state index in [9.17, 15) is 10.2 Å². The van der Waals surface area contributed by atoms with E-state index in [2.05, 4.69) is 0 Å². The summed E-state index contributed by atoms with van der Waals surface area (Å²) >= 11 is 0. The topological polar surface area (TPSA) is 58.9 Å². The van der Waals surface area contributed by atoms with Crippen molar-refractivity contribution >= 4 is 0 Å². The van der Waals surface area contributed by atoms with E-state index in [1.165, 1.54) is 6.07 Å². The summed E-state index contributed by atoms with van der Waals surface area (Å²) in [4.78, 5) is 0. The van der Waals surface area contributed by atoms with Crippen LogP contribution in [-0.2, 0) is 0 Å². The van der Waals surface area contributed by atoms with Gasteiger partial charge in [-0.25, -0.2) is 0 Å². The molecule has 2 aromatic rings. The number of aromatic hydroxyl groups is 1. The summed E-state index contributed by atoms with van der Waals surface area (Å²) < 4.78 is 10.9. The van der Waals surface area contributed by atoms with Gasteiger partial charge in [-0.1, -0.05) is 24.3 Å². The fourth-order valence-corrected chi connectivity index (χ4v) is 2.01. The Hall–Kier alpha value is -2.20. The van der Waals surface area contributed by atoms with E-state index in [1.807, 2.05) is 24.3 Å². The van der Waals surface area contributed by atoms with Gasteiger partial charge in [-0.2, -0.15) is 0 Å². The molecule has 0 spiro atoms. The Balaban J connectivity index is 2.09. The summed E-state index contributed by atoms with van der Waals surface area (Å²) in [7, 11) is 1.60. The lowest BCUT2D eigenvalue weighted by Crippen LogP contribution is -2.15. The molecule has 0 aliphatic rings. The number of rotatable bonds is 6. The van der Waals surface area contributed by atoms with Crippen molar-refractivity contribution in [2.24, 2.45) is 0 Å². The molecule has 4 heteroatoms. The zero-order valence-electron chi connectivity index (χ0n) is 11.3. The van der Waals surface area contributed by atoms with Crippen molar-refractivity contribution in [3.63, 3.8) is 0 Å². The van der Waals surface area contributed by atoms with Gasteiger partial charge in [0.1, 0.15) is 17.2 Å². The van der Waals surface area contributed by atoms with Crippen molar-refractivity contribution in [2.45, 2.75) is 5.92 Å². The molecule has 1 unspecified atom stereocenters. The molecule has 0 saturated heterocycles. The monoisotopic (exact) mass is 274 g/mol. The van der Waals surface area contributed by atoms with Gasteiger partial charge in [-0.15, -0.1) is 0 Å². The van der Waals surface area contributed by atoms with Crippen LogP contribution in [0.4, 0.5) is 0 Å². The Morgan fingerprint density at radius 2 is 1.90 bits per heavy atom. The number of ether oxygens (including phenoxy) is 2. The molecule has 0 fully saturated rings. The van der Waals surface area contributed by atoms with E-state index in [0.29, 0.717) is 12.4 Å². The Morgan fingerprint density at radius 3 is 2.60 bits per heavy atom. The second-order valence-electron chi connectivity index (χ2n) is 4.43. The maximum absolute atomic E-state index is 9.55. The fraction of sp³-hybridized carbons (Fsp3) is 0.250. The average molecular weight is 274 g/mol. The molecule has 106 valence electrons.